The Bertz CT molecular complexity index is 205. The average molecular weight is 232 g/mol. The minimum Gasteiger partial charge on any atom is -0.467 e. The Morgan fingerprint density at radius 2 is 2.06 bits per heavy atom. The summed E-state index contributed by atoms with van der Waals surface area (Å²) >= 11 is 0. The van der Waals surface area contributed by atoms with E-state index in [-0.39, 0.29) is 6.54 Å². The molecule has 16 heavy (non-hydrogen) atoms. The number of esters is 1. The molecule has 0 bridgehead atoms. The first kappa shape index (κ1) is 15.3. The largest absolute Gasteiger partial charge is 0.467 e. The second kappa shape index (κ2) is 7.60. The molecule has 0 fully saturated rings. The zero-order valence-corrected chi connectivity index (χ0v) is 10.7. The third-order valence-corrected chi connectivity index (χ3v) is 2.30. The fourth-order valence-electron chi connectivity index (χ4n) is 1.30. The van der Waals surface area contributed by atoms with E-state index in [1.165, 1.54) is 14.0 Å². The molecule has 0 saturated heterocycles. The molecule has 0 heterocycles. The van der Waals surface area contributed by atoms with Crippen molar-refractivity contribution in [3.05, 3.63) is 0 Å². The number of rotatable bonds is 8. The number of carbonyl (C=O) groups is 1. The Morgan fingerprint density at radius 1 is 1.44 bits per heavy atom. The molecule has 0 aromatic rings. The minimum absolute atomic E-state index is 0.224. The van der Waals surface area contributed by atoms with Gasteiger partial charge >= 0.3 is 5.97 Å². The van der Waals surface area contributed by atoms with Gasteiger partial charge in [0.05, 0.1) is 7.11 Å². The third-order valence-electron chi connectivity index (χ3n) is 2.30. The summed E-state index contributed by atoms with van der Waals surface area (Å²) in [5, 5.41) is 12.7. The molecule has 0 aromatic heterocycles. The van der Waals surface area contributed by atoms with Gasteiger partial charge in [0, 0.05) is 6.54 Å². The van der Waals surface area contributed by atoms with Crippen LogP contribution >= 0.6 is 0 Å². The van der Waals surface area contributed by atoms with Crippen molar-refractivity contribution >= 4 is 5.97 Å². The van der Waals surface area contributed by atoms with Gasteiger partial charge in [0.1, 0.15) is 0 Å². The lowest BCUT2D eigenvalue weighted by atomic mass is 10.1. The minimum atomic E-state index is -1.43. The van der Waals surface area contributed by atoms with Gasteiger partial charge in [-0.1, -0.05) is 0 Å². The van der Waals surface area contributed by atoms with Crippen LogP contribution in [0.4, 0.5) is 0 Å². The van der Waals surface area contributed by atoms with Gasteiger partial charge in [0.15, 0.2) is 5.60 Å². The Kier molecular flexibility index (Phi) is 7.29. The Morgan fingerprint density at radius 3 is 2.56 bits per heavy atom. The molecular formula is C11H24N2O3. The van der Waals surface area contributed by atoms with Gasteiger partial charge in [-0.15, -0.1) is 0 Å². The monoisotopic (exact) mass is 232 g/mol. The molecule has 0 saturated carbocycles. The molecule has 0 amide bonds. The van der Waals surface area contributed by atoms with E-state index in [9.17, 15) is 9.90 Å². The van der Waals surface area contributed by atoms with Crippen molar-refractivity contribution in [3.63, 3.8) is 0 Å². The van der Waals surface area contributed by atoms with Crippen LogP contribution in [0.5, 0.6) is 0 Å². The molecule has 0 rings (SSSR count). The van der Waals surface area contributed by atoms with Gasteiger partial charge < -0.3 is 20.1 Å². The number of nitrogens with one attached hydrogen (secondary N) is 1. The molecule has 1 unspecified atom stereocenters. The van der Waals surface area contributed by atoms with Crippen LogP contribution in [0.15, 0.2) is 0 Å². The number of aliphatic hydroxyl groups is 1. The highest BCUT2D eigenvalue weighted by Gasteiger charge is 2.30. The van der Waals surface area contributed by atoms with Gasteiger partial charge in [0.2, 0.25) is 0 Å². The summed E-state index contributed by atoms with van der Waals surface area (Å²) in [6, 6.07) is 0. The summed E-state index contributed by atoms with van der Waals surface area (Å²) < 4.78 is 4.49. The van der Waals surface area contributed by atoms with Crippen LogP contribution in [-0.2, 0) is 9.53 Å². The molecule has 0 aliphatic rings. The summed E-state index contributed by atoms with van der Waals surface area (Å²) in [5.74, 6) is -0.603. The summed E-state index contributed by atoms with van der Waals surface area (Å²) in [6.45, 7) is 3.52. The van der Waals surface area contributed by atoms with E-state index in [2.05, 4.69) is 15.0 Å². The standard InChI is InChI=1S/C11H24N2O3/c1-11(15,10(14)16-4)9-12-7-5-6-8-13(2)3/h12,15H,5-9H2,1-4H3. The molecular weight excluding hydrogens is 208 g/mol. The Hall–Kier alpha value is -0.650. The molecule has 1 atom stereocenters. The normalized spacial score (nSPS) is 14.9. The van der Waals surface area contributed by atoms with Gasteiger partial charge in [-0.05, 0) is 47.0 Å². The average Bonchev–Trinajstić information content (AvgIpc) is 2.21. The maximum atomic E-state index is 11.1. The molecule has 0 radical (unpaired) electrons. The number of hydrogen-bond acceptors (Lipinski definition) is 5. The fourth-order valence-corrected chi connectivity index (χ4v) is 1.30. The summed E-state index contributed by atoms with van der Waals surface area (Å²) in [6.07, 6.45) is 2.12. The zero-order valence-electron chi connectivity index (χ0n) is 10.7. The molecule has 0 aliphatic carbocycles. The van der Waals surface area contributed by atoms with Crippen LogP contribution in [0, 0.1) is 0 Å². The van der Waals surface area contributed by atoms with E-state index in [0.29, 0.717) is 0 Å². The SMILES string of the molecule is COC(=O)C(C)(O)CNCCCCN(C)C. The van der Waals surface area contributed by atoms with Gasteiger partial charge in [-0.2, -0.15) is 0 Å². The van der Waals surface area contributed by atoms with Crippen molar-refractivity contribution < 1.29 is 14.6 Å². The van der Waals surface area contributed by atoms with E-state index < -0.39 is 11.6 Å². The predicted octanol–water partition coefficient (Wildman–Crippen LogP) is -0.158. The van der Waals surface area contributed by atoms with Crippen molar-refractivity contribution in [2.45, 2.75) is 25.4 Å². The lowest BCUT2D eigenvalue weighted by molar-refractivity contribution is -0.159. The van der Waals surface area contributed by atoms with Crippen molar-refractivity contribution in [1.29, 1.82) is 0 Å². The van der Waals surface area contributed by atoms with Crippen LogP contribution in [0.1, 0.15) is 19.8 Å². The molecule has 2 N–H and O–H groups in total. The molecule has 0 spiro atoms. The van der Waals surface area contributed by atoms with E-state index in [4.69, 9.17) is 0 Å². The number of ether oxygens (including phenoxy) is 1. The fraction of sp³-hybridized carbons (Fsp3) is 0.909. The maximum Gasteiger partial charge on any atom is 0.338 e. The van der Waals surface area contributed by atoms with Crippen LogP contribution in [0.25, 0.3) is 0 Å². The van der Waals surface area contributed by atoms with Crippen LogP contribution in [0.3, 0.4) is 0 Å². The highest BCUT2D eigenvalue weighted by Crippen LogP contribution is 2.03. The highest BCUT2D eigenvalue weighted by atomic mass is 16.5. The van der Waals surface area contributed by atoms with Crippen molar-refractivity contribution in [2.24, 2.45) is 0 Å². The predicted molar refractivity (Wildman–Crippen MR) is 63.3 cm³/mol. The Balaban J connectivity index is 3.54. The first-order valence-corrected chi connectivity index (χ1v) is 5.56. The summed E-state index contributed by atoms with van der Waals surface area (Å²) in [7, 11) is 5.35. The van der Waals surface area contributed by atoms with E-state index in [1.807, 2.05) is 14.1 Å². The number of nitrogens with zero attached hydrogens (tertiary/aromatic N) is 1. The molecule has 5 nitrogen and oxygen atoms in total. The smallest absolute Gasteiger partial charge is 0.338 e. The van der Waals surface area contributed by atoms with E-state index in [0.717, 1.165) is 25.9 Å². The van der Waals surface area contributed by atoms with Crippen LogP contribution in [0.2, 0.25) is 0 Å². The lowest BCUT2D eigenvalue weighted by Crippen LogP contribution is -2.45. The van der Waals surface area contributed by atoms with Crippen molar-refractivity contribution in [3.8, 4) is 0 Å². The van der Waals surface area contributed by atoms with E-state index >= 15 is 0 Å². The van der Waals surface area contributed by atoms with Gasteiger partial charge in [-0.3, -0.25) is 0 Å². The van der Waals surface area contributed by atoms with Crippen molar-refractivity contribution in [1.82, 2.24) is 10.2 Å². The van der Waals surface area contributed by atoms with Gasteiger partial charge in [-0.25, -0.2) is 4.79 Å². The molecule has 0 aliphatic heterocycles. The second-order valence-electron chi connectivity index (χ2n) is 4.45. The van der Waals surface area contributed by atoms with Gasteiger partial charge in [0.25, 0.3) is 0 Å². The lowest BCUT2D eigenvalue weighted by Gasteiger charge is -2.20. The van der Waals surface area contributed by atoms with E-state index in [1.54, 1.807) is 0 Å². The highest BCUT2D eigenvalue weighted by molar-refractivity contribution is 5.78. The molecule has 5 heteroatoms. The molecule has 0 aromatic carbocycles. The quantitative estimate of drug-likeness (QED) is 0.450. The molecule has 96 valence electrons. The summed E-state index contributed by atoms with van der Waals surface area (Å²) in [5.41, 5.74) is -1.43. The topological polar surface area (TPSA) is 61.8 Å². The maximum absolute atomic E-state index is 11.1. The van der Waals surface area contributed by atoms with Crippen molar-refractivity contribution in [2.75, 3.05) is 40.8 Å². The zero-order chi connectivity index (χ0) is 12.6. The van der Waals surface area contributed by atoms with Crippen LogP contribution < -0.4 is 5.32 Å². The number of hydrogen-bond donors (Lipinski definition) is 2. The first-order valence-electron chi connectivity index (χ1n) is 5.56. The first-order chi connectivity index (χ1) is 7.40. The summed E-state index contributed by atoms with van der Waals surface area (Å²) in [4.78, 5) is 13.3. The number of carbonyl (C=O) groups excluding carboxylic acids is 1. The number of methoxy groups -OCH3 is 1. The number of unbranched alkanes of at least 4 members (excludes halogenated alkanes) is 1. The van der Waals surface area contributed by atoms with Crippen LogP contribution in [-0.4, -0.2) is 62.4 Å². The second-order valence-corrected chi connectivity index (χ2v) is 4.45. The Labute approximate surface area is 97.8 Å². The third kappa shape index (κ3) is 6.76.